The molecule has 0 bridgehead atoms. The number of hydrogen-bond donors (Lipinski definition) is 3. The van der Waals surface area contributed by atoms with Gasteiger partial charge in [-0.2, -0.15) is 0 Å². The number of amides is 3. The summed E-state index contributed by atoms with van der Waals surface area (Å²) in [5.74, 6) is -0.948. The number of carbonyl (C=O) groups is 3. The van der Waals surface area contributed by atoms with Gasteiger partial charge in [-0.3, -0.25) is 14.4 Å². The van der Waals surface area contributed by atoms with Gasteiger partial charge in [0, 0.05) is 36.3 Å². The lowest BCUT2D eigenvalue weighted by Crippen LogP contribution is -2.48. The molecule has 1 aromatic carbocycles. The van der Waals surface area contributed by atoms with Gasteiger partial charge in [-0.1, -0.05) is 6.92 Å². The highest BCUT2D eigenvalue weighted by Crippen LogP contribution is 2.43. The average molecular weight is 381 g/mol. The molecule has 3 unspecified atom stereocenters. The van der Waals surface area contributed by atoms with Crippen molar-refractivity contribution in [3.63, 3.8) is 0 Å². The van der Waals surface area contributed by atoms with Crippen molar-refractivity contribution in [1.29, 1.82) is 0 Å². The van der Waals surface area contributed by atoms with Crippen molar-refractivity contribution < 1.29 is 14.4 Å². The van der Waals surface area contributed by atoms with E-state index in [1.165, 1.54) is 6.92 Å². The molecule has 28 heavy (non-hydrogen) atoms. The molecule has 0 aliphatic carbocycles. The normalized spacial score (nSPS) is 21.0. The van der Waals surface area contributed by atoms with Gasteiger partial charge in [0.15, 0.2) is 0 Å². The summed E-state index contributed by atoms with van der Waals surface area (Å²) in [4.78, 5) is 41.7. The Hall–Kier alpha value is -3.42. The van der Waals surface area contributed by atoms with Crippen molar-refractivity contribution in [2.24, 2.45) is 17.4 Å². The number of benzene rings is 1. The fourth-order valence-corrected chi connectivity index (χ4v) is 3.72. The van der Waals surface area contributed by atoms with Crippen LogP contribution < -0.4 is 21.7 Å². The van der Waals surface area contributed by atoms with Gasteiger partial charge in [0.2, 0.25) is 11.8 Å². The van der Waals surface area contributed by atoms with E-state index in [-0.39, 0.29) is 29.5 Å². The Bertz CT molecular complexity index is 959. The van der Waals surface area contributed by atoms with Crippen molar-refractivity contribution in [3.05, 3.63) is 53.2 Å². The van der Waals surface area contributed by atoms with Crippen LogP contribution in [0, 0.1) is 5.92 Å². The van der Waals surface area contributed by atoms with E-state index in [2.05, 4.69) is 10.3 Å². The highest BCUT2D eigenvalue weighted by Gasteiger charge is 2.39. The standard InChI is InChI=1S/C20H23N5O3/c1-10-11(2)25(12(3)26)16-7-6-13(18(21)27)9-15(16)17(10)24-20-14(19(22)28)5-4-8-23-20/h4-11,17H,1-3H3,(H2,21,27)(H2,22,28)(H,23,24). The van der Waals surface area contributed by atoms with Crippen LogP contribution in [0.3, 0.4) is 0 Å². The quantitative estimate of drug-likeness (QED) is 0.743. The van der Waals surface area contributed by atoms with Gasteiger partial charge in [-0.25, -0.2) is 4.98 Å². The van der Waals surface area contributed by atoms with Gasteiger partial charge in [-0.15, -0.1) is 0 Å². The van der Waals surface area contributed by atoms with Crippen molar-refractivity contribution >= 4 is 29.2 Å². The first-order valence-electron chi connectivity index (χ1n) is 8.97. The minimum Gasteiger partial charge on any atom is -0.366 e. The second-order valence-corrected chi connectivity index (χ2v) is 7.01. The van der Waals surface area contributed by atoms with Crippen molar-refractivity contribution in [2.75, 3.05) is 10.2 Å². The maximum absolute atomic E-state index is 12.3. The van der Waals surface area contributed by atoms with E-state index in [9.17, 15) is 14.4 Å². The molecular weight excluding hydrogens is 358 g/mol. The third-order valence-electron chi connectivity index (χ3n) is 5.31. The molecule has 2 heterocycles. The fraction of sp³-hybridized carbons (Fsp3) is 0.300. The first-order chi connectivity index (χ1) is 13.2. The molecule has 146 valence electrons. The van der Waals surface area contributed by atoms with Crippen LogP contribution in [-0.2, 0) is 4.79 Å². The Balaban J connectivity index is 2.15. The topological polar surface area (TPSA) is 131 Å². The lowest BCUT2D eigenvalue weighted by atomic mass is 9.82. The number of pyridine rings is 1. The van der Waals surface area contributed by atoms with Gasteiger partial charge >= 0.3 is 0 Å². The van der Waals surface area contributed by atoms with Gasteiger partial charge < -0.3 is 21.7 Å². The molecule has 0 radical (unpaired) electrons. The molecule has 3 rings (SSSR count). The predicted octanol–water partition coefficient (Wildman–Crippen LogP) is 1.82. The number of rotatable bonds is 4. The smallest absolute Gasteiger partial charge is 0.252 e. The number of nitrogens with two attached hydrogens (primary N) is 2. The molecular formula is C20H23N5O3. The highest BCUT2D eigenvalue weighted by atomic mass is 16.2. The number of anilines is 2. The van der Waals surface area contributed by atoms with Gasteiger partial charge in [-0.05, 0) is 42.8 Å². The van der Waals surface area contributed by atoms with Crippen LogP contribution >= 0.6 is 0 Å². The molecule has 5 N–H and O–H groups in total. The third-order valence-corrected chi connectivity index (χ3v) is 5.31. The predicted molar refractivity (Wildman–Crippen MR) is 106 cm³/mol. The highest BCUT2D eigenvalue weighted by molar-refractivity contribution is 5.98. The zero-order valence-electron chi connectivity index (χ0n) is 16.0. The first-order valence-corrected chi connectivity index (χ1v) is 8.97. The van der Waals surface area contributed by atoms with Crippen LogP contribution in [0.25, 0.3) is 0 Å². The molecule has 0 saturated carbocycles. The second kappa shape index (κ2) is 7.30. The summed E-state index contributed by atoms with van der Waals surface area (Å²) in [6.45, 7) is 5.46. The number of nitrogens with one attached hydrogen (secondary N) is 1. The van der Waals surface area contributed by atoms with Gasteiger partial charge in [0.05, 0.1) is 11.6 Å². The van der Waals surface area contributed by atoms with Crippen LogP contribution in [0.5, 0.6) is 0 Å². The minimum absolute atomic E-state index is 0.0535. The number of fused-ring (bicyclic) bond motifs is 1. The number of aromatic nitrogens is 1. The van der Waals surface area contributed by atoms with Crippen molar-refractivity contribution in [2.45, 2.75) is 32.9 Å². The van der Waals surface area contributed by atoms with Crippen LogP contribution in [0.4, 0.5) is 11.5 Å². The summed E-state index contributed by atoms with van der Waals surface area (Å²) in [7, 11) is 0. The molecule has 1 aliphatic heterocycles. The zero-order valence-corrected chi connectivity index (χ0v) is 16.0. The number of nitrogens with zero attached hydrogens (tertiary/aromatic N) is 2. The van der Waals surface area contributed by atoms with E-state index in [0.717, 1.165) is 5.56 Å². The maximum Gasteiger partial charge on any atom is 0.252 e. The zero-order chi connectivity index (χ0) is 20.6. The molecule has 0 fully saturated rings. The van der Waals surface area contributed by atoms with Crippen LogP contribution in [0.15, 0.2) is 36.5 Å². The van der Waals surface area contributed by atoms with E-state index < -0.39 is 11.8 Å². The monoisotopic (exact) mass is 381 g/mol. The molecule has 3 amide bonds. The summed E-state index contributed by atoms with van der Waals surface area (Å²) in [6, 6.07) is 7.80. The van der Waals surface area contributed by atoms with Gasteiger partial charge in [0.1, 0.15) is 5.82 Å². The van der Waals surface area contributed by atoms with E-state index in [0.29, 0.717) is 17.1 Å². The second-order valence-electron chi connectivity index (χ2n) is 7.01. The Morgan fingerprint density at radius 2 is 1.82 bits per heavy atom. The summed E-state index contributed by atoms with van der Waals surface area (Å²) in [5.41, 5.74) is 13.0. The molecule has 1 aliphatic rings. The molecule has 1 aromatic heterocycles. The number of primary amides is 2. The van der Waals surface area contributed by atoms with Gasteiger partial charge in [0.25, 0.3) is 5.91 Å². The molecule has 0 spiro atoms. The van der Waals surface area contributed by atoms with Crippen LogP contribution in [-0.4, -0.2) is 28.7 Å². The molecule has 3 atom stereocenters. The lowest BCUT2D eigenvalue weighted by Gasteiger charge is -2.44. The summed E-state index contributed by atoms with van der Waals surface area (Å²) in [5, 5.41) is 3.29. The van der Waals surface area contributed by atoms with E-state index in [1.54, 1.807) is 41.4 Å². The summed E-state index contributed by atoms with van der Waals surface area (Å²) < 4.78 is 0. The Morgan fingerprint density at radius 1 is 1.11 bits per heavy atom. The largest absolute Gasteiger partial charge is 0.366 e. The molecule has 8 heteroatoms. The molecule has 0 saturated heterocycles. The number of carbonyl (C=O) groups excluding carboxylic acids is 3. The fourth-order valence-electron chi connectivity index (χ4n) is 3.72. The Morgan fingerprint density at radius 3 is 2.43 bits per heavy atom. The van der Waals surface area contributed by atoms with Crippen molar-refractivity contribution in [3.8, 4) is 0 Å². The average Bonchev–Trinajstić information content (AvgIpc) is 2.65. The maximum atomic E-state index is 12.3. The molecule has 2 aromatic rings. The minimum atomic E-state index is -0.594. The van der Waals surface area contributed by atoms with Crippen molar-refractivity contribution in [1.82, 2.24) is 4.98 Å². The third kappa shape index (κ3) is 3.28. The first kappa shape index (κ1) is 19.3. The molecule has 8 nitrogen and oxygen atoms in total. The van der Waals surface area contributed by atoms with E-state index >= 15 is 0 Å². The van der Waals surface area contributed by atoms with Crippen LogP contribution in [0.2, 0.25) is 0 Å². The Labute approximate surface area is 162 Å². The summed E-state index contributed by atoms with van der Waals surface area (Å²) >= 11 is 0. The van der Waals surface area contributed by atoms with E-state index in [4.69, 9.17) is 11.5 Å². The Kier molecular flexibility index (Phi) is 5.04. The van der Waals surface area contributed by atoms with E-state index in [1.807, 2.05) is 13.8 Å². The van der Waals surface area contributed by atoms with Crippen LogP contribution in [0.1, 0.15) is 53.1 Å². The number of hydrogen-bond acceptors (Lipinski definition) is 5. The SMILES string of the molecule is CC(=O)N1c2ccc(C(N)=O)cc2C(Nc2ncccc2C(N)=O)C(C)C1C. The lowest BCUT2D eigenvalue weighted by molar-refractivity contribution is -0.117. The summed E-state index contributed by atoms with van der Waals surface area (Å²) in [6.07, 6.45) is 1.56.